The third-order valence-corrected chi connectivity index (χ3v) is 4.35. The zero-order chi connectivity index (χ0) is 15.5. The molecule has 0 aromatic carbocycles. The van der Waals surface area contributed by atoms with E-state index in [1.54, 1.807) is 0 Å². The Bertz CT molecular complexity index is 498. The summed E-state index contributed by atoms with van der Waals surface area (Å²) in [5, 5.41) is 12.3. The zero-order valence-corrected chi connectivity index (χ0v) is 12.8. The molecule has 2 rings (SSSR count). The van der Waals surface area contributed by atoms with Gasteiger partial charge in [-0.05, 0) is 47.1 Å². The van der Waals surface area contributed by atoms with Crippen LogP contribution in [0.25, 0.3) is 0 Å². The number of carbonyl (C=O) groups is 1. The summed E-state index contributed by atoms with van der Waals surface area (Å²) in [4.78, 5) is 23.7. The van der Waals surface area contributed by atoms with Gasteiger partial charge in [0.25, 0.3) is 0 Å². The predicted molar refractivity (Wildman–Crippen MR) is 80.6 cm³/mol. The lowest BCUT2D eigenvalue weighted by Crippen LogP contribution is -2.56. The van der Waals surface area contributed by atoms with E-state index in [0.717, 1.165) is 25.9 Å². The molecule has 0 radical (unpaired) electrons. The van der Waals surface area contributed by atoms with E-state index in [9.17, 15) is 4.79 Å². The number of piperidine rings is 1. The number of carboxylic acids is 1. The summed E-state index contributed by atoms with van der Waals surface area (Å²) in [6.45, 7) is 2.73. The van der Waals surface area contributed by atoms with Gasteiger partial charge >= 0.3 is 5.97 Å². The van der Waals surface area contributed by atoms with Gasteiger partial charge in [-0.1, -0.05) is 0 Å². The number of likely N-dealkylation sites (tertiary alicyclic amines) is 1. The summed E-state index contributed by atoms with van der Waals surface area (Å²) < 4.78 is 0. The van der Waals surface area contributed by atoms with Crippen molar-refractivity contribution in [2.75, 3.05) is 46.1 Å². The second-order valence-electron chi connectivity index (χ2n) is 5.83. The summed E-state index contributed by atoms with van der Waals surface area (Å²) in [5.41, 5.74) is -0.0147. The van der Waals surface area contributed by atoms with Crippen LogP contribution < -0.4 is 5.32 Å². The molecule has 7 nitrogen and oxygen atoms in total. The fourth-order valence-corrected chi connectivity index (χ4v) is 2.69. The summed E-state index contributed by atoms with van der Waals surface area (Å²) in [6.07, 6.45) is 4.97. The standard InChI is InChI=1S/C14H23N5O2/c1-18(2)14(4-8-19(3)9-5-14)10-17-12-11(13(20)21)15-6-7-16-12/h6-7H,4-5,8-10H2,1-3H3,(H,16,17)(H,20,21). The van der Waals surface area contributed by atoms with E-state index in [-0.39, 0.29) is 11.2 Å². The van der Waals surface area contributed by atoms with E-state index in [1.807, 2.05) is 0 Å². The molecule has 1 fully saturated rings. The van der Waals surface area contributed by atoms with Gasteiger partial charge in [0.05, 0.1) is 0 Å². The summed E-state index contributed by atoms with van der Waals surface area (Å²) >= 11 is 0. The highest BCUT2D eigenvalue weighted by Crippen LogP contribution is 2.27. The first kappa shape index (κ1) is 15.7. The van der Waals surface area contributed by atoms with Crippen LogP contribution in [-0.4, -0.2) is 77.2 Å². The van der Waals surface area contributed by atoms with Crippen molar-refractivity contribution in [3.63, 3.8) is 0 Å². The molecule has 116 valence electrons. The minimum Gasteiger partial charge on any atom is -0.476 e. The molecule has 0 bridgehead atoms. The number of nitrogens with one attached hydrogen (secondary N) is 1. The van der Waals surface area contributed by atoms with Crippen LogP contribution in [0, 0.1) is 0 Å². The number of rotatable bonds is 5. The lowest BCUT2D eigenvalue weighted by Gasteiger charge is -2.45. The van der Waals surface area contributed by atoms with Crippen molar-refractivity contribution in [1.29, 1.82) is 0 Å². The van der Waals surface area contributed by atoms with Crippen LogP contribution in [-0.2, 0) is 0 Å². The summed E-state index contributed by atoms with van der Waals surface area (Å²) in [6, 6.07) is 0. The van der Waals surface area contributed by atoms with Crippen molar-refractivity contribution < 1.29 is 9.90 Å². The van der Waals surface area contributed by atoms with Crippen LogP contribution in [0.4, 0.5) is 5.82 Å². The number of anilines is 1. The largest absolute Gasteiger partial charge is 0.476 e. The monoisotopic (exact) mass is 293 g/mol. The summed E-state index contributed by atoms with van der Waals surface area (Å²) in [5.74, 6) is -0.724. The second-order valence-corrected chi connectivity index (χ2v) is 5.83. The molecule has 0 saturated carbocycles. The second kappa shape index (κ2) is 6.36. The van der Waals surface area contributed by atoms with Crippen LogP contribution in [0.15, 0.2) is 12.4 Å². The van der Waals surface area contributed by atoms with E-state index in [4.69, 9.17) is 5.11 Å². The molecule has 0 aliphatic carbocycles. The molecule has 0 amide bonds. The molecule has 7 heteroatoms. The number of likely N-dealkylation sites (N-methyl/N-ethyl adjacent to an activating group) is 1. The van der Waals surface area contributed by atoms with Gasteiger partial charge < -0.3 is 20.2 Å². The Morgan fingerprint density at radius 1 is 1.38 bits per heavy atom. The molecule has 21 heavy (non-hydrogen) atoms. The van der Waals surface area contributed by atoms with Crippen LogP contribution in [0.2, 0.25) is 0 Å². The number of carboxylic acid groups (broad SMARTS) is 1. The quantitative estimate of drug-likeness (QED) is 0.823. The molecule has 2 heterocycles. The number of aromatic carboxylic acids is 1. The number of aromatic nitrogens is 2. The Kier molecular flexibility index (Phi) is 4.74. The van der Waals surface area contributed by atoms with Gasteiger partial charge in [0, 0.05) is 24.5 Å². The van der Waals surface area contributed by atoms with E-state index >= 15 is 0 Å². The van der Waals surface area contributed by atoms with Gasteiger partial charge in [-0.3, -0.25) is 0 Å². The van der Waals surface area contributed by atoms with Crippen LogP contribution in [0.3, 0.4) is 0 Å². The van der Waals surface area contributed by atoms with E-state index in [0.29, 0.717) is 12.4 Å². The van der Waals surface area contributed by atoms with Crippen LogP contribution in [0.5, 0.6) is 0 Å². The number of nitrogens with zero attached hydrogens (tertiary/aromatic N) is 4. The normalized spacial score (nSPS) is 18.7. The maximum atomic E-state index is 11.2. The van der Waals surface area contributed by atoms with Crippen LogP contribution >= 0.6 is 0 Å². The predicted octanol–water partition coefficient (Wildman–Crippen LogP) is 0.613. The highest BCUT2D eigenvalue weighted by atomic mass is 16.4. The SMILES string of the molecule is CN1CCC(CNc2nccnc2C(=O)O)(N(C)C)CC1. The maximum Gasteiger partial charge on any atom is 0.358 e. The van der Waals surface area contributed by atoms with E-state index < -0.39 is 5.97 Å². The topological polar surface area (TPSA) is 81.6 Å². The molecule has 1 aliphatic heterocycles. The lowest BCUT2D eigenvalue weighted by atomic mass is 9.86. The Morgan fingerprint density at radius 2 is 2.00 bits per heavy atom. The third-order valence-electron chi connectivity index (χ3n) is 4.35. The smallest absolute Gasteiger partial charge is 0.358 e. The molecule has 0 atom stereocenters. The van der Waals surface area contributed by atoms with Gasteiger partial charge in [-0.2, -0.15) is 0 Å². The van der Waals surface area contributed by atoms with Gasteiger partial charge in [0.2, 0.25) is 0 Å². The highest BCUT2D eigenvalue weighted by molar-refractivity contribution is 5.90. The van der Waals surface area contributed by atoms with Crippen molar-refractivity contribution >= 4 is 11.8 Å². The van der Waals surface area contributed by atoms with E-state index in [1.165, 1.54) is 12.4 Å². The molecule has 1 saturated heterocycles. The third kappa shape index (κ3) is 3.48. The Hall–Kier alpha value is -1.73. The molecular weight excluding hydrogens is 270 g/mol. The van der Waals surface area contributed by atoms with E-state index in [2.05, 4.69) is 46.2 Å². The van der Waals surface area contributed by atoms with Gasteiger partial charge in [0.15, 0.2) is 11.5 Å². The molecule has 1 aromatic heterocycles. The lowest BCUT2D eigenvalue weighted by molar-refractivity contribution is 0.0689. The Balaban J connectivity index is 2.11. The molecular formula is C14H23N5O2. The minimum absolute atomic E-state index is 0.0137. The summed E-state index contributed by atoms with van der Waals surface area (Å²) in [7, 11) is 6.27. The average Bonchev–Trinajstić information content (AvgIpc) is 2.47. The molecule has 0 spiro atoms. The van der Waals surface area contributed by atoms with Crippen molar-refractivity contribution in [3.8, 4) is 0 Å². The minimum atomic E-state index is -1.06. The average molecular weight is 293 g/mol. The zero-order valence-electron chi connectivity index (χ0n) is 12.8. The first-order chi connectivity index (χ1) is 9.94. The molecule has 1 aliphatic rings. The van der Waals surface area contributed by atoms with Gasteiger partial charge in [-0.15, -0.1) is 0 Å². The molecule has 2 N–H and O–H groups in total. The first-order valence-corrected chi connectivity index (χ1v) is 7.09. The van der Waals surface area contributed by atoms with Crippen molar-refractivity contribution in [2.45, 2.75) is 18.4 Å². The maximum absolute atomic E-state index is 11.2. The first-order valence-electron chi connectivity index (χ1n) is 7.09. The fraction of sp³-hybridized carbons (Fsp3) is 0.643. The van der Waals surface area contributed by atoms with Crippen molar-refractivity contribution in [2.24, 2.45) is 0 Å². The van der Waals surface area contributed by atoms with Crippen LogP contribution in [0.1, 0.15) is 23.3 Å². The van der Waals surface area contributed by atoms with Gasteiger partial charge in [-0.25, -0.2) is 14.8 Å². The fourth-order valence-electron chi connectivity index (χ4n) is 2.69. The highest BCUT2D eigenvalue weighted by Gasteiger charge is 2.36. The number of hydrogen-bond donors (Lipinski definition) is 2. The Labute approximate surface area is 125 Å². The van der Waals surface area contributed by atoms with Crippen molar-refractivity contribution in [3.05, 3.63) is 18.1 Å². The van der Waals surface area contributed by atoms with Crippen molar-refractivity contribution in [1.82, 2.24) is 19.8 Å². The molecule has 1 aromatic rings. The van der Waals surface area contributed by atoms with Gasteiger partial charge in [0.1, 0.15) is 0 Å². The number of hydrogen-bond acceptors (Lipinski definition) is 6. The Morgan fingerprint density at radius 3 is 2.57 bits per heavy atom. The molecule has 0 unspecified atom stereocenters.